The van der Waals surface area contributed by atoms with E-state index in [1.165, 1.54) is 5.06 Å². The number of hydrogen-bond donors (Lipinski definition) is 1. The maximum atomic E-state index is 11.7. The molecule has 0 spiro atoms. The molecular weight excluding hydrogens is 430 g/mol. The Balaban J connectivity index is -0.000000380. The Morgan fingerprint density at radius 2 is 0.742 bits per heavy atom. The van der Waals surface area contributed by atoms with Gasteiger partial charge in [0.2, 0.25) is 0 Å². The zero-order valence-electron chi connectivity index (χ0n) is 23.9. The first kappa shape index (κ1) is 35.6. The van der Waals surface area contributed by atoms with Gasteiger partial charge in [0.05, 0.1) is 9.49 Å². The predicted molar refractivity (Wildman–Crippen MR) is 139 cm³/mol. The fraction of sp³-hybridized carbons (Fsp3) is 1.00. The molecular formula is C24H55NO4S2. The van der Waals surface area contributed by atoms with Crippen LogP contribution in [0.3, 0.4) is 0 Å². The second kappa shape index (κ2) is 11.0. The van der Waals surface area contributed by atoms with Gasteiger partial charge >= 0.3 is 0 Å². The largest absolute Gasteiger partial charge is 0.313 e. The molecule has 0 unspecified atom stereocenters. The third-order valence-corrected chi connectivity index (χ3v) is 9.45. The number of hydroxylamine groups is 2. The summed E-state index contributed by atoms with van der Waals surface area (Å²) in [5, 5.41) is 10.9. The molecule has 0 radical (unpaired) electrons. The van der Waals surface area contributed by atoms with Gasteiger partial charge in [-0.3, -0.25) is 4.21 Å². The van der Waals surface area contributed by atoms with Gasteiger partial charge in [-0.05, 0) is 125 Å². The average Bonchev–Trinajstić information content (AvgIpc) is 2.40. The van der Waals surface area contributed by atoms with Crippen LogP contribution in [0.25, 0.3) is 0 Å². The molecule has 0 amide bonds. The van der Waals surface area contributed by atoms with E-state index in [9.17, 15) is 17.8 Å². The molecule has 0 fully saturated rings. The highest BCUT2D eigenvalue weighted by molar-refractivity contribution is 7.94. The van der Waals surface area contributed by atoms with Crippen LogP contribution in [0.2, 0.25) is 0 Å². The summed E-state index contributed by atoms with van der Waals surface area (Å²) in [7, 11) is -3.77. The second-order valence-corrected chi connectivity index (χ2v) is 20.3. The highest BCUT2D eigenvalue weighted by atomic mass is 32.2. The van der Waals surface area contributed by atoms with Gasteiger partial charge in [-0.15, -0.1) is 0 Å². The van der Waals surface area contributed by atoms with E-state index in [4.69, 9.17) is 0 Å². The summed E-state index contributed by atoms with van der Waals surface area (Å²) in [6, 6.07) is 0. The van der Waals surface area contributed by atoms with Crippen molar-refractivity contribution in [2.24, 2.45) is 0 Å². The Bertz CT molecular complexity index is 605. The smallest absolute Gasteiger partial charge is 0.160 e. The molecule has 192 valence electrons. The third-order valence-electron chi connectivity index (χ3n) is 4.00. The molecule has 0 aromatic heterocycles. The molecule has 7 heteroatoms. The van der Waals surface area contributed by atoms with Gasteiger partial charge in [-0.2, -0.15) is 5.06 Å². The number of hydrogen-bond acceptors (Lipinski definition) is 5. The van der Waals surface area contributed by atoms with Crippen molar-refractivity contribution in [1.82, 2.24) is 5.06 Å². The van der Waals surface area contributed by atoms with Crippen LogP contribution >= 0.6 is 0 Å². The van der Waals surface area contributed by atoms with Crippen molar-refractivity contribution in [1.29, 1.82) is 0 Å². The minimum Gasteiger partial charge on any atom is -0.313 e. The standard InChI is InChI=1S/C8H19NO.C8H18O2S.C8H18OS/c1-7(2,3)9(10)8(4,5)6;1-7(2,3)11(9,10)8(4,5)6;1-7(2,3)10(9)8(4,5)6/h10H,1-6H3;1-6H3;1-6H3. The van der Waals surface area contributed by atoms with E-state index in [2.05, 4.69) is 0 Å². The molecule has 0 heterocycles. The minimum absolute atomic E-state index is 0.0851. The van der Waals surface area contributed by atoms with Gasteiger partial charge in [-0.25, -0.2) is 8.42 Å². The Hall–Kier alpha value is 0.0200. The third kappa shape index (κ3) is 13.3. The Kier molecular flexibility index (Phi) is 12.6. The summed E-state index contributed by atoms with van der Waals surface area (Å²) in [6.45, 7) is 34.3. The maximum Gasteiger partial charge on any atom is 0.160 e. The van der Waals surface area contributed by atoms with Gasteiger partial charge in [0.1, 0.15) is 0 Å². The number of sulfone groups is 1. The van der Waals surface area contributed by atoms with Gasteiger partial charge in [0, 0.05) is 31.4 Å². The van der Waals surface area contributed by atoms with Crippen molar-refractivity contribution in [3.8, 4) is 0 Å². The lowest BCUT2D eigenvalue weighted by Gasteiger charge is -2.39. The summed E-state index contributed by atoms with van der Waals surface area (Å²) in [4.78, 5) is 0. The zero-order valence-corrected chi connectivity index (χ0v) is 25.6. The Morgan fingerprint density at radius 1 is 0.548 bits per heavy atom. The van der Waals surface area contributed by atoms with Crippen LogP contribution in [0, 0.1) is 0 Å². The molecule has 5 nitrogen and oxygen atoms in total. The van der Waals surface area contributed by atoms with E-state index < -0.39 is 30.1 Å². The lowest BCUT2D eigenvalue weighted by Crippen LogP contribution is -2.50. The van der Waals surface area contributed by atoms with Crippen molar-refractivity contribution < 1.29 is 17.8 Å². The van der Waals surface area contributed by atoms with Crippen LogP contribution in [0.15, 0.2) is 0 Å². The monoisotopic (exact) mass is 485 g/mol. The topological polar surface area (TPSA) is 74.7 Å². The van der Waals surface area contributed by atoms with Crippen molar-refractivity contribution >= 4 is 20.6 Å². The van der Waals surface area contributed by atoms with Gasteiger partial charge < -0.3 is 5.21 Å². The normalized spacial score (nSPS) is 14.6. The minimum atomic E-state index is -3.01. The summed E-state index contributed by atoms with van der Waals surface area (Å²) in [5.74, 6) is 0. The van der Waals surface area contributed by atoms with Crippen molar-refractivity contribution in [2.75, 3.05) is 0 Å². The molecule has 0 bridgehead atoms. The molecule has 0 aliphatic rings. The molecule has 0 aliphatic heterocycles. The SMILES string of the molecule is CC(C)(C)N(O)C(C)(C)C.CC(C)(C)S(=O)(=O)C(C)(C)C.CC(C)(C)S(=O)C(C)(C)C. The molecule has 0 aliphatic carbocycles. The Morgan fingerprint density at radius 3 is 0.742 bits per heavy atom. The lowest BCUT2D eigenvalue weighted by atomic mass is 10.0. The summed E-state index contributed by atoms with van der Waals surface area (Å²) in [6.07, 6.45) is 0. The molecule has 0 saturated heterocycles. The molecule has 1 N–H and O–H groups in total. The van der Waals surface area contributed by atoms with Crippen LogP contribution in [-0.4, -0.2) is 53.0 Å². The van der Waals surface area contributed by atoms with E-state index >= 15 is 0 Å². The fourth-order valence-electron chi connectivity index (χ4n) is 2.84. The van der Waals surface area contributed by atoms with Crippen LogP contribution in [0.5, 0.6) is 0 Å². The first-order valence-electron chi connectivity index (χ1n) is 11.0. The van der Waals surface area contributed by atoms with E-state index in [1.54, 1.807) is 41.5 Å². The summed E-state index contributed by atoms with van der Waals surface area (Å²) >= 11 is 0. The van der Waals surface area contributed by atoms with E-state index in [0.717, 1.165) is 0 Å². The first-order valence-corrected chi connectivity index (χ1v) is 13.6. The zero-order chi connectivity index (χ0) is 26.7. The van der Waals surface area contributed by atoms with Crippen LogP contribution in [0.1, 0.15) is 125 Å². The van der Waals surface area contributed by atoms with E-state index in [1.807, 2.05) is 83.1 Å². The predicted octanol–water partition coefficient (Wildman–Crippen LogP) is 6.60. The van der Waals surface area contributed by atoms with Crippen LogP contribution in [0.4, 0.5) is 0 Å². The Labute approximate surface area is 198 Å². The number of rotatable bonds is 0. The average molecular weight is 486 g/mol. The highest BCUT2D eigenvalue weighted by Gasteiger charge is 2.39. The van der Waals surface area contributed by atoms with Crippen LogP contribution in [-0.2, 0) is 20.6 Å². The molecule has 0 saturated carbocycles. The van der Waals surface area contributed by atoms with E-state index in [0.29, 0.717) is 0 Å². The molecule has 0 aromatic rings. The quantitative estimate of drug-likeness (QED) is 0.391. The van der Waals surface area contributed by atoms with Crippen molar-refractivity contribution in [3.63, 3.8) is 0 Å². The van der Waals surface area contributed by atoms with Crippen molar-refractivity contribution in [3.05, 3.63) is 0 Å². The van der Waals surface area contributed by atoms with E-state index in [-0.39, 0.29) is 20.6 Å². The number of nitrogens with zero attached hydrogens (tertiary/aromatic N) is 1. The van der Waals surface area contributed by atoms with Crippen LogP contribution < -0.4 is 0 Å². The summed E-state index contributed by atoms with van der Waals surface area (Å²) in [5.41, 5.74) is -0.337. The lowest BCUT2D eigenvalue weighted by molar-refractivity contribution is -0.212. The fourth-order valence-corrected chi connectivity index (χ4v) is 6.52. The van der Waals surface area contributed by atoms with Gasteiger partial charge in [-0.1, -0.05) is 0 Å². The second-order valence-electron chi connectivity index (χ2n) is 13.9. The molecule has 31 heavy (non-hydrogen) atoms. The molecule has 0 atom stereocenters. The summed E-state index contributed by atoms with van der Waals surface area (Å²) < 4.78 is 33.5. The van der Waals surface area contributed by atoms with Gasteiger partial charge in [0.25, 0.3) is 0 Å². The van der Waals surface area contributed by atoms with Gasteiger partial charge in [0.15, 0.2) is 9.84 Å². The molecule has 0 aromatic carbocycles. The molecule has 0 rings (SSSR count). The van der Waals surface area contributed by atoms with Crippen molar-refractivity contribution in [2.45, 2.75) is 155 Å². The first-order chi connectivity index (χ1) is 12.8. The maximum absolute atomic E-state index is 11.7. The highest BCUT2D eigenvalue weighted by Crippen LogP contribution is 2.28.